The Labute approximate surface area is 215 Å². The van der Waals surface area contributed by atoms with Crippen molar-refractivity contribution in [2.24, 2.45) is 5.92 Å². The minimum absolute atomic E-state index is 0.337. The number of aryl methyl sites for hydroxylation is 1. The van der Waals surface area contributed by atoms with Gasteiger partial charge in [0.25, 0.3) is 0 Å². The summed E-state index contributed by atoms with van der Waals surface area (Å²) in [4.78, 5) is 10.7. The van der Waals surface area contributed by atoms with Crippen molar-refractivity contribution in [3.05, 3.63) is 53.9 Å². The van der Waals surface area contributed by atoms with Crippen LogP contribution in [-0.4, -0.2) is 72.6 Å². The van der Waals surface area contributed by atoms with Gasteiger partial charge in [0.2, 0.25) is 0 Å². The van der Waals surface area contributed by atoms with Gasteiger partial charge in [-0.25, -0.2) is 13.4 Å². The average Bonchev–Trinajstić information content (AvgIpc) is 3.58. The number of benzene rings is 1. The number of rotatable bonds is 6. The molecule has 0 spiro atoms. The molecular weight excluding hydrogens is 468 g/mol. The molecule has 1 aromatic carbocycles. The summed E-state index contributed by atoms with van der Waals surface area (Å²) in [6.07, 6.45) is 13.6. The molecule has 1 aliphatic carbocycles. The van der Waals surface area contributed by atoms with Crippen LogP contribution in [0.5, 0.6) is 0 Å². The molecule has 2 aliphatic heterocycles. The molecule has 0 radical (unpaired) electrons. The highest BCUT2D eigenvalue weighted by molar-refractivity contribution is 7.90. The maximum atomic E-state index is 11.8. The highest BCUT2D eigenvalue weighted by atomic mass is 32.2. The average molecular weight is 507 g/mol. The van der Waals surface area contributed by atoms with Crippen LogP contribution in [0.15, 0.2) is 47.6 Å². The van der Waals surface area contributed by atoms with Crippen molar-refractivity contribution in [2.75, 3.05) is 39.0 Å². The molecule has 1 saturated carbocycles. The Hall–Kier alpha value is -2.22. The van der Waals surface area contributed by atoms with Crippen LogP contribution in [-0.2, 0) is 9.84 Å². The van der Waals surface area contributed by atoms with Crippen molar-refractivity contribution in [1.82, 2.24) is 19.2 Å². The number of likely N-dealkylation sites (tertiary alicyclic amines) is 2. The van der Waals surface area contributed by atoms with Gasteiger partial charge in [-0.3, -0.25) is 0 Å². The summed E-state index contributed by atoms with van der Waals surface area (Å²) in [6.45, 7) is 8.48. The lowest BCUT2D eigenvalue weighted by molar-refractivity contribution is 0.0855. The van der Waals surface area contributed by atoms with E-state index in [4.69, 9.17) is 4.98 Å². The molecule has 0 atom stereocenters. The fourth-order valence-electron chi connectivity index (χ4n) is 6.26. The quantitative estimate of drug-likeness (QED) is 0.482. The molecule has 0 bridgehead atoms. The normalized spacial score (nSPS) is 21.4. The van der Waals surface area contributed by atoms with Gasteiger partial charge in [0.05, 0.1) is 10.6 Å². The summed E-state index contributed by atoms with van der Waals surface area (Å²) in [6, 6.07) is 10.1. The summed E-state index contributed by atoms with van der Waals surface area (Å²) < 4.78 is 25.7. The monoisotopic (exact) mass is 506 g/mol. The zero-order valence-electron chi connectivity index (χ0n) is 21.6. The van der Waals surface area contributed by atoms with E-state index in [9.17, 15) is 8.42 Å². The molecule has 192 valence electrons. The Morgan fingerprint density at radius 1 is 0.917 bits per heavy atom. The van der Waals surface area contributed by atoms with Crippen molar-refractivity contribution in [2.45, 2.75) is 62.3 Å². The maximum absolute atomic E-state index is 11.8. The summed E-state index contributed by atoms with van der Waals surface area (Å²) in [5, 5.41) is 0. The Kier molecular flexibility index (Phi) is 6.42. The van der Waals surface area contributed by atoms with Gasteiger partial charge in [0.1, 0.15) is 5.65 Å². The molecular formula is C29H38N4O2S. The number of hydrogen-bond acceptors (Lipinski definition) is 5. The fraction of sp³-hybridized carbons (Fsp3) is 0.552. The smallest absolute Gasteiger partial charge is 0.175 e. The molecule has 2 saturated heterocycles. The predicted octanol–water partition coefficient (Wildman–Crippen LogP) is 4.77. The third-order valence-corrected chi connectivity index (χ3v) is 9.75. The first-order valence-corrected chi connectivity index (χ1v) is 15.5. The van der Waals surface area contributed by atoms with Gasteiger partial charge in [-0.15, -0.1) is 0 Å². The highest BCUT2D eigenvalue weighted by Crippen LogP contribution is 2.34. The van der Waals surface area contributed by atoms with Gasteiger partial charge >= 0.3 is 0 Å². The summed E-state index contributed by atoms with van der Waals surface area (Å²) in [7, 11) is -3.20. The lowest BCUT2D eigenvalue weighted by Crippen LogP contribution is -2.47. The third kappa shape index (κ3) is 5.11. The van der Waals surface area contributed by atoms with Gasteiger partial charge in [0.15, 0.2) is 9.84 Å². The van der Waals surface area contributed by atoms with E-state index in [1.54, 1.807) is 12.1 Å². The lowest BCUT2D eigenvalue weighted by Gasteiger charge is -2.42. The van der Waals surface area contributed by atoms with E-state index in [1.807, 2.05) is 12.1 Å². The molecule has 0 N–H and O–H groups in total. The molecule has 2 aromatic heterocycles. The number of fused-ring (bicyclic) bond motifs is 1. The van der Waals surface area contributed by atoms with Gasteiger partial charge in [-0.1, -0.05) is 18.2 Å². The van der Waals surface area contributed by atoms with E-state index >= 15 is 0 Å². The topological polar surface area (TPSA) is 57.9 Å². The van der Waals surface area contributed by atoms with Crippen LogP contribution in [0.3, 0.4) is 0 Å². The molecule has 7 heteroatoms. The highest BCUT2D eigenvalue weighted by Gasteiger charge is 2.31. The van der Waals surface area contributed by atoms with Crippen LogP contribution >= 0.6 is 0 Å². The van der Waals surface area contributed by atoms with Gasteiger partial charge in [-0.05, 0) is 107 Å². The van der Waals surface area contributed by atoms with E-state index in [1.165, 1.54) is 88.6 Å². The lowest BCUT2D eigenvalue weighted by atomic mass is 9.88. The minimum atomic E-state index is -3.20. The molecule has 3 fully saturated rings. The zero-order valence-corrected chi connectivity index (χ0v) is 22.4. The number of pyridine rings is 1. The summed E-state index contributed by atoms with van der Waals surface area (Å²) in [5.74, 6) is 1.60. The number of hydrogen-bond donors (Lipinski definition) is 0. The van der Waals surface area contributed by atoms with Crippen molar-refractivity contribution in [1.29, 1.82) is 0 Å². The molecule has 4 heterocycles. The van der Waals surface area contributed by atoms with Crippen LogP contribution in [0.2, 0.25) is 0 Å². The molecule has 36 heavy (non-hydrogen) atoms. The second kappa shape index (κ2) is 9.58. The van der Waals surface area contributed by atoms with Crippen LogP contribution in [0, 0.1) is 12.8 Å². The van der Waals surface area contributed by atoms with Crippen molar-refractivity contribution in [3.8, 4) is 11.3 Å². The Balaban J connectivity index is 1.11. The Morgan fingerprint density at radius 3 is 2.25 bits per heavy atom. The Bertz CT molecular complexity index is 1330. The SMILES string of the molecule is Cc1cc(C2CCN(C3CCN(CC4CC4)CC3)CC2)cn2cc(-c3ccc(S(C)(=O)=O)cc3)nc12. The number of piperidine rings is 2. The van der Waals surface area contributed by atoms with E-state index in [-0.39, 0.29) is 0 Å². The molecule has 6 rings (SSSR count). The van der Waals surface area contributed by atoms with Crippen molar-refractivity contribution < 1.29 is 8.42 Å². The van der Waals surface area contributed by atoms with Gasteiger partial charge in [-0.2, -0.15) is 0 Å². The summed E-state index contributed by atoms with van der Waals surface area (Å²) >= 11 is 0. The number of imidazole rings is 1. The molecule has 6 nitrogen and oxygen atoms in total. The number of sulfone groups is 1. The summed E-state index contributed by atoms with van der Waals surface area (Å²) in [5.41, 5.74) is 5.38. The van der Waals surface area contributed by atoms with Crippen LogP contribution in [0.4, 0.5) is 0 Å². The molecule has 0 amide bonds. The van der Waals surface area contributed by atoms with E-state index < -0.39 is 9.84 Å². The van der Waals surface area contributed by atoms with Crippen molar-refractivity contribution >= 4 is 15.5 Å². The van der Waals surface area contributed by atoms with Crippen molar-refractivity contribution in [3.63, 3.8) is 0 Å². The first kappa shape index (κ1) is 24.1. The van der Waals surface area contributed by atoms with Gasteiger partial charge < -0.3 is 14.2 Å². The van der Waals surface area contributed by atoms with Gasteiger partial charge in [0, 0.05) is 36.8 Å². The second-order valence-corrected chi connectivity index (χ2v) is 13.4. The molecule has 3 aliphatic rings. The van der Waals surface area contributed by atoms with E-state index in [0.717, 1.165) is 28.9 Å². The third-order valence-electron chi connectivity index (χ3n) is 8.62. The van der Waals surface area contributed by atoms with Crippen LogP contribution < -0.4 is 0 Å². The number of aromatic nitrogens is 2. The first-order chi connectivity index (χ1) is 17.3. The number of nitrogens with zero attached hydrogens (tertiary/aromatic N) is 4. The first-order valence-electron chi connectivity index (χ1n) is 13.6. The van der Waals surface area contributed by atoms with Crippen LogP contribution in [0.1, 0.15) is 55.6 Å². The van der Waals surface area contributed by atoms with E-state index in [0.29, 0.717) is 10.8 Å². The fourth-order valence-corrected chi connectivity index (χ4v) is 6.89. The standard InChI is InChI=1S/C29H38N4O2S/c1-21-17-25(19-33-20-28(30-29(21)33)24-5-7-27(8-6-24)36(2,34)35)23-9-15-32(16-10-23)26-11-13-31(14-12-26)18-22-3-4-22/h5-8,17,19-20,22-23,26H,3-4,9-16,18H2,1-2H3. The predicted molar refractivity (Wildman–Crippen MR) is 144 cm³/mol. The zero-order chi connectivity index (χ0) is 24.9. The Morgan fingerprint density at radius 2 is 1.61 bits per heavy atom. The second-order valence-electron chi connectivity index (χ2n) is 11.4. The molecule has 3 aromatic rings. The minimum Gasteiger partial charge on any atom is -0.306 e. The maximum Gasteiger partial charge on any atom is 0.175 e. The van der Waals surface area contributed by atoms with Crippen LogP contribution in [0.25, 0.3) is 16.9 Å². The van der Waals surface area contributed by atoms with E-state index in [2.05, 4.69) is 39.6 Å². The molecule has 0 unspecified atom stereocenters. The largest absolute Gasteiger partial charge is 0.306 e.